The van der Waals surface area contributed by atoms with Gasteiger partial charge in [-0.15, -0.1) is 0 Å². The van der Waals surface area contributed by atoms with E-state index in [4.69, 9.17) is 0 Å². The Hall–Kier alpha value is -3.15. The molecule has 154 valence electrons. The van der Waals surface area contributed by atoms with Crippen molar-refractivity contribution in [2.75, 3.05) is 11.9 Å². The number of carbonyl (C=O) groups excluding carboxylic acids is 3. The van der Waals surface area contributed by atoms with Gasteiger partial charge in [-0.3, -0.25) is 14.5 Å². The van der Waals surface area contributed by atoms with Crippen LogP contribution in [0.15, 0.2) is 42.5 Å². The molecule has 0 atom stereocenters. The van der Waals surface area contributed by atoms with E-state index >= 15 is 0 Å². The van der Waals surface area contributed by atoms with Gasteiger partial charge in [0, 0.05) is 24.8 Å². The number of nitrogens with one attached hydrogen (secondary N) is 1. The monoisotopic (exact) mass is 403 g/mol. The number of fused-ring (bicyclic) bond motifs is 2. The third-order valence-corrected chi connectivity index (χ3v) is 6.53. The van der Waals surface area contributed by atoms with E-state index in [0.29, 0.717) is 29.9 Å². The fourth-order valence-corrected chi connectivity index (χ4v) is 4.88. The van der Waals surface area contributed by atoms with E-state index < -0.39 is 0 Å². The van der Waals surface area contributed by atoms with Crippen LogP contribution in [-0.4, -0.2) is 40.2 Å². The minimum atomic E-state index is -0.232. The quantitative estimate of drug-likeness (QED) is 0.764. The highest BCUT2D eigenvalue weighted by molar-refractivity contribution is 6.22. The molecule has 3 aliphatic rings. The topological polar surface area (TPSA) is 69.7 Å². The summed E-state index contributed by atoms with van der Waals surface area (Å²) in [5, 5.41) is 2.91. The summed E-state index contributed by atoms with van der Waals surface area (Å²) < 4.78 is 0. The Morgan fingerprint density at radius 1 is 0.900 bits per heavy atom. The summed E-state index contributed by atoms with van der Waals surface area (Å²) in [5.41, 5.74) is 3.83. The average Bonchev–Trinajstić information content (AvgIpc) is 3.03. The molecule has 2 aromatic rings. The Morgan fingerprint density at radius 3 is 2.43 bits per heavy atom. The van der Waals surface area contributed by atoms with Crippen molar-refractivity contribution in [3.63, 3.8) is 0 Å². The van der Waals surface area contributed by atoms with E-state index in [1.165, 1.54) is 10.5 Å². The smallest absolute Gasteiger partial charge is 0.320 e. The minimum absolute atomic E-state index is 0.00221. The number of rotatable bonds is 2. The highest BCUT2D eigenvalue weighted by Gasteiger charge is 2.40. The molecule has 4 amide bonds. The van der Waals surface area contributed by atoms with Crippen LogP contribution in [0.4, 0.5) is 10.5 Å². The van der Waals surface area contributed by atoms with Gasteiger partial charge in [0.1, 0.15) is 0 Å². The molecule has 6 heteroatoms. The average molecular weight is 403 g/mol. The number of hydrogen-bond donors (Lipinski definition) is 1. The van der Waals surface area contributed by atoms with E-state index in [-0.39, 0.29) is 23.9 Å². The van der Waals surface area contributed by atoms with Gasteiger partial charge in [-0.25, -0.2) is 4.79 Å². The summed E-state index contributed by atoms with van der Waals surface area (Å²) in [6.07, 6.45) is 5.86. The number of amides is 4. The van der Waals surface area contributed by atoms with E-state index in [1.54, 1.807) is 23.1 Å². The molecule has 5 rings (SSSR count). The number of urea groups is 1. The zero-order chi connectivity index (χ0) is 20.7. The second-order valence-corrected chi connectivity index (χ2v) is 8.40. The Labute approximate surface area is 175 Å². The van der Waals surface area contributed by atoms with Crippen LogP contribution >= 0.6 is 0 Å². The van der Waals surface area contributed by atoms with Crippen molar-refractivity contribution in [2.45, 2.75) is 51.1 Å². The van der Waals surface area contributed by atoms with E-state index in [1.807, 2.05) is 18.2 Å². The van der Waals surface area contributed by atoms with Gasteiger partial charge in [-0.2, -0.15) is 0 Å². The molecule has 1 saturated carbocycles. The molecule has 30 heavy (non-hydrogen) atoms. The molecule has 0 aromatic heterocycles. The summed E-state index contributed by atoms with van der Waals surface area (Å²) in [6, 6.07) is 13.0. The van der Waals surface area contributed by atoms with Gasteiger partial charge in [0.25, 0.3) is 11.8 Å². The number of nitrogens with zero attached hydrogens (tertiary/aromatic N) is 2. The van der Waals surface area contributed by atoms with Crippen molar-refractivity contribution >= 4 is 23.5 Å². The molecular formula is C24H25N3O3. The van der Waals surface area contributed by atoms with Crippen LogP contribution in [0.3, 0.4) is 0 Å². The second-order valence-electron chi connectivity index (χ2n) is 8.40. The first-order chi connectivity index (χ1) is 14.6. The van der Waals surface area contributed by atoms with Crippen LogP contribution < -0.4 is 5.32 Å². The zero-order valence-electron chi connectivity index (χ0n) is 16.9. The largest absolute Gasteiger partial charge is 0.322 e. The fourth-order valence-electron chi connectivity index (χ4n) is 4.88. The molecule has 0 spiro atoms. The van der Waals surface area contributed by atoms with E-state index in [0.717, 1.165) is 44.1 Å². The van der Waals surface area contributed by atoms with Crippen LogP contribution in [0.5, 0.6) is 0 Å². The number of benzene rings is 2. The lowest BCUT2D eigenvalue weighted by atomic mass is 9.94. The summed E-state index contributed by atoms with van der Waals surface area (Å²) in [4.78, 5) is 41.8. The Bertz CT molecular complexity index is 1030. The predicted molar refractivity (Wildman–Crippen MR) is 113 cm³/mol. The highest BCUT2D eigenvalue weighted by atomic mass is 16.2. The van der Waals surface area contributed by atoms with Crippen molar-refractivity contribution in [3.05, 3.63) is 64.7 Å². The normalized spacial score (nSPS) is 18.9. The van der Waals surface area contributed by atoms with Crippen LogP contribution in [0, 0.1) is 0 Å². The van der Waals surface area contributed by atoms with Crippen LogP contribution in [0.2, 0.25) is 0 Å². The van der Waals surface area contributed by atoms with Crippen LogP contribution in [0.25, 0.3) is 0 Å². The third-order valence-electron chi connectivity index (χ3n) is 6.53. The van der Waals surface area contributed by atoms with Gasteiger partial charge < -0.3 is 10.2 Å². The lowest BCUT2D eigenvalue weighted by Crippen LogP contribution is -2.40. The molecule has 6 nitrogen and oxygen atoms in total. The molecule has 0 bridgehead atoms. The van der Waals surface area contributed by atoms with E-state index in [2.05, 4.69) is 11.4 Å². The maximum Gasteiger partial charge on any atom is 0.322 e. The van der Waals surface area contributed by atoms with Gasteiger partial charge in [0.2, 0.25) is 0 Å². The lowest BCUT2D eigenvalue weighted by Gasteiger charge is -2.29. The molecule has 0 saturated heterocycles. The number of imide groups is 1. The van der Waals surface area contributed by atoms with Gasteiger partial charge in [-0.1, -0.05) is 43.5 Å². The Morgan fingerprint density at radius 2 is 1.63 bits per heavy atom. The third kappa shape index (κ3) is 3.26. The zero-order valence-corrected chi connectivity index (χ0v) is 16.9. The minimum Gasteiger partial charge on any atom is -0.320 e. The highest BCUT2D eigenvalue weighted by Crippen LogP contribution is 2.32. The summed E-state index contributed by atoms with van der Waals surface area (Å²) >= 11 is 0. The SMILES string of the molecule is O=C(Nc1ccc2c(c1)C(=O)N(C1CCCCC1)C2=O)N1CCc2ccccc2C1. The first kappa shape index (κ1) is 18.9. The van der Waals surface area contributed by atoms with Gasteiger partial charge >= 0.3 is 6.03 Å². The first-order valence-corrected chi connectivity index (χ1v) is 10.8. The van der Waals surface area contributed by atoms with Crippen molar-refractivity contribution < 1.29 is 14.4 Å². The Balaban J connectivity index is 1.31. The van der Waals surface area contributed by atoms with Crippen molar-refractivity contribution in [2.24, 2.45) is 0 Å². The van der Waals surface area contributed by atoms with Crippen molar-refractivity contribution in [1.82, 2.24) is 9.80 Å². The van der Waals surface area contributed by atoms with Crippen LogP contribution in [-0.2, 0) is 13.0 Å². The number of hydrogen-bond acceptors (Lipinski definition) is 3. The molecule has 2 aromatic carbocycles. The summed E-state index contributed by atoms with van der Waals surface area (Å²) in [5.74, 6) is -0.433. The van der Waals surface area contributed by atoms with Crippen LogP contribution in [0.1, 0.15) is 63.9 Å². The number of anilines is 1. The molecule has 1 fully saturated rings. The first-order valence-electron chi connectivity index (χ1n) is 10.8. The maximum absolute atomic E-state index is 13.0. The maximum atomic E-state index is 13.0. The fraction of sp³-hybridized carbons (Fsp3) is 0.375. The standard InChI is InChI=1S/C24H25N3O3/c28-22-20-11-10-18(14-21(20)23(29)27(22)19-8-2-1-3-9-19)25-24(30)26-13-12-16-6-4-5-7-17(16)15-26/h4-7,10-11,14,19H,1-3,8-9,12-13,15H2,(H,25,30). The van der Waals surface area contributed by atoms with Crippen molar-refractivity contribution in [3.8, 4) is 0 Å². The van der Waals surface area contributed by atoms with Gasteiger partial charge in [0.05, 0.1) is 11.1 Å². The second kappa shape index (κ2) is 7.59. The lowest BCUT2D eigenvalue weighted by molar-refractivity contribution is 0.0549. The molecule has 1 aliphatic carbocycles. The molecule has 2 aliphatic heterocycles. The van der Waals surface area contributed by atoms with E-state index in [9.17, 15) is 14.4 Å². The molecule has 0 unspecified atom stereocenters. The summed E-state index contributed by atoms with van der Waals surface area (Å²) in [7, 11) is 0. The molecule has 1 N–H and O–H groups in total. The predicted octanol–water partition coefficient (Wildman–Crippen LogP) is 4.21. The summed E-state index contributed by atoms with van der Waals surface area (Å²) in [6.45, 7) is 1.22. The van der Waals surface area contributed by atoms with Gasteiger partial charge in [-0.05, 0) is 48.6 Å². The molecule has 0 radical (unpaired) electrons. The Kier molecular flexibility index (Phi) is 4.77. The molecular weight excluding hydrogens is 378 g/mol. The van der Waals surface area contributed by atoms with Gasteiger partial charge in [0.15, 0.2) is 0 Å². The molecule has 2 heterocycles. The number of carbonyl (C=O) groups is 3. The van der Waals surface area contributed by atoms with Crippen molar-refractivity contribution in [1.29, 1.82) is 0 Å².